The molecule has 7 heteroatoms. The normalized spacial score (nSPS) is 30.2. The quantitative estimate of drug-likeness (QED) is 0.795. The zero-order valence-corrected chi connectivity index (χ0v) is 10.0. The van der Waals surface area contributed by atoms with Crippen LogP contribution in [0.2, 0.25) is 5.28 Å². The first-order valence-electron chi connectivity index (χ1n) is 11.1. The molecule has 0 aliphatic carbocycles. The minimum atomic E-state index is -3.59. The third-order valence-corrected chi connectivity index (χ3v) is 2.84. The maximum Gasteiger partial charge on any atom is 0.224 e. The topological polar surface area (TPSA) is 59.7 Å². The number of hydrogen-bond donors (Lipinski definition) is 0. The largest absolute Gasteiger partial charge is 0.342 e. The van der Waals surface area contributed by atoms with Gasteiger partial charge in [-0.25, -0.2) is 4.98 Å². The Balaban J connectivity index is 2.50. The highest BCUT2D eigenvalue weighted by Gasteiger charge is 2.34. The van der Waals surface area contributed by atoms with Crippen molar-refractivity contribution in [3.8, 4) is 5.69 Å². The molecule has 0 N–H and O–H groups in total. The molecule has 0 bridgehead atoms. The van der Waals surface area contributed by atoms with Gasteiger partial charge in [-0.2, -0.15) is 4.98 Å². The van der Waals surface area contributed by atoms with E-state index in [2.05, 4.69) is 20.2 Å². The molecule has 2 aromatic rings. The molecule has 0 unspecified atom stereocenters. The summed E-state index contributed by atoms with van der Waals surface area (Å²) in [4.78, 5) is 7.90. The summed E-state index contributed by atoms with van der Waals surface area (Å²) in [6.45, 7) is -10.6. The van der Waals surface area contributed by atoms with Gasteiger partial charge in [-0.05, 0) is 31.7 Å². The second-order valence-corrected chi connectivity index (χ2v) is 4.01. The maximum absolute atomic E-state index is 8.62. The van der Waals surface area contributed by atoms with Gasteiger partial charge in [0.25, 0.3) is 0 Å². The van der Waals surface area contributed by atoms with Crippen LogP contribution in [0.3, 0.4) is 0 Å². The van der Waals surface area contributed by atoms with Crippen LogP contribution in [0.15, 0.2) is 12.5 Å². The summed E-state index contributed by atoms with van der Waals surface area (Å²) in [5, 5.41) is 6.86. The molecule has 19 heavy (non-hydrogen) atoms. The van der Waals surface area contributed by atoms with Crippen LogP contribution >= 0.6 is 11.6 Å². The molecule has 1 aliphatic heterocycles. The lowest BCUT2D eigenvalue weighted by Gasteiger charge is -2.39. The Labute approximate surface area is 133 Å². The summed E-state index contributed by atoms with van der Waals surface area (Å²) in [6.07, 6.45) is -1.15. The molecule has 0 aromatic carbocycles. The first-order chi connectivity index (χ1) is 13.9. The van der Waals surface area contributed by atoms with E-state index in [0.29, 0.717) is 4.90 Å². The van der Waals surface area contributed by atoms with E-state index < -0.39 is 55.9 Å². The fraction of sp³-hybridized carbons (Fsp3) is 0.500. The summed E-state index contributed by atoms with van der Waals surface area (Å²) in [5.74, 6) is -1.00. The predicted octanol–water partition coefficient (Wildman–Crippen LogP) is 2.39. The lowest BCUT2D eigenvalue weighted by atomic mass is 10.1. The standard InChI is InChI=1S/C12H15ClN6/c1-4-8-11-17-15-6-18(11)9-5-14-12(13)16-10(9)19(8)7(2)3/h5-8H,4H2,1-3H3/t8-/m1/s1/i1D3,2D3,3D3,4D2,7D. The third-order valence-electron chi connectivity index (χ3n) is 2.66. The zero-order chi connectivity index (χ0) is 23.8. The number of aromatic nitrogens is 5. The number of rotatable bonds is 2. The summed E-state index contributed by atoms with van der Waals surface area (Å²) >= 11 is 5.84. The van der Waals surface area contributed by atoms with Crippen molar-refractivity contribution in [3.63, 3.8) is 0 Å². The van der Waals surface area contributed by atoms with Crippen molar-refractivity contribution in [2.24, 2.45) is 0 Å². The van der Waals surface area contributed by atoms with Gasteiger partial charge in [-0.3, -0.25) is 4.57 Å². The highest BCUT2D eigenvalue weighted by molar-refractivity contribution is 6.28. The van der Waals surface area contributed by atoms with E-state index in [-0.39, 0.29) is 5.69 Å². The molecule has 0 saturated heterocycles. The van der Waals surface area contributed by atoms with Crippen LogP contribution in [-0.2, 0) is 0 Å². The molecular weight excluding hydrogens is 264 g/mol. The summed E-state index contributed by atoms with van der Waals surface area (Å²) in [6, 6.07) is -5.76. The molecule has 0 saturated carbocycles. The minimum absolute atomic E-state index is 0.105. The minimum Gasteiger partial charge on any atom is -0.342 e. The van der Waals surface area contributed by atoms with Crippen molar-refractivity contribution in [3.05, 3.63) is 23.6 Å². The van der Waals surface area contributed by atoms with Crippen molar-refractivity contribution < 1.29 is 16.4 Å². The Hall–Kier alpha value is -1.69. The molecule has 100 valence electrons. The molecule has 0 fully saturated rings. The average Bonchev–Trinajstić information content (AvgIpc) is 3.05. The number of hydrogen-bond acceptors (Lipinski definition) is 5. The molecule has 3 heterocycles. The molecule has 1 atom stereocenters. The van der Waals surface area contributed by atoms with Crippen molar-refractivity contribution >= 4 is 17.4 Å². The van der Waals surface area contributed by atoms with Gasteiger partial charge >= 0.3 is 0 Å². The average molecular weight is 291 g/mol. The van der Waals surface area contributed by atoms with Crippen LogP contribution < -0.4 is 4.90 Å². The summed E-state index contributed by atoms with van der Waals surface area (Å²) in [7, 11) is 0. The molecule has 1 aliphatic rings. The number of anilines is 1. The first-order valence-corrected chi connectivity index (χ1v) is 5.45. The number of fused-ring (bicyclic) bond motifs is 3. The predicted molar refractivity (Wildman–Crippen MR) is 72.6 cm³/mol. The second-order valence-electron chi connectivity index (χ2n) is 3.67. The van der Waals surface area contributed by atoms with Crippen LogP contribution in [0.1, 0.15) is 55.2 Å². The lowest BCUT2D eigenvalue weighted by molar-refractivity contribution is 0.497. The van der Waals surface area contributed by atoms with Crippen molar-refractivity contribution in [1.82, 2.24) is 24.7 Å². The van der Waals surface area contributed by atoms with Crippen LogP contribution in [0, 0.1) is 0 Å². The van der Waals surface area contributed by atoms with E-state index in [4.69, 9.17) is 28.1 Å². The third kappa shape index (κ3) is 1.78. The lowest BCUT2D eigenvalue weighted by Crippen LogP contribution is -2.40. The second kappa shape index (κ2) is 4.45. The van der Waals surface area contributed by atoms with Gasteiger partial charge < -0.3 is 4.90 Å². The maximum atomic E-state index is 8.62. The first kappa shape index (κ1) is 4.70. The van der Waals surface area contributed by atoms with Gasteiger partial charge in [-0.1, -0.05) is 6.85 Å². The van der Waals surface area contributed by atoms with Gasteiger partial charge in [0.1, 0.15) is 12.0 Å². The Morgan fingerprint density at radius 3 is 3.32 bits per heavy atom. The van der Waals surface area contributed by atoms with E-state index in [0.717, 1.165) is 17.1 Å². The van der Waals surface area contributed by atoms with Crippen molar-refractivity contribution in [2.75, 3.05) is 4.90 Å². The molecular formula is C12H15ClN6. The molecule has 0 spiro atoms. The van der Waals surface area contributed by atoms with Crippen LogP contribution in [0.5, 0.6) is 0 Å². The monoisotopic (exact) mass is 290 g/mol. The Morgan fingerprint density at radius 2 is 2.53 bits per heavy atom. The Kier molecular flexibility index (Phi) is 1.10. The van der Waals surface area contributed by atoms with Gasteiger partial charge in [0.05, 0.1) is 13.6 Å². The van der Waals surface area contributed by atoms with E-state index >= 15 is 0 Å². The molecule has 0 amide bonds. The van der Waals surface area contributed by atoms with Crippen LogP contribution in [0.4, 0.5) is 5.82 Å². The number of nitrogens with zero attached hydrogens (tertiary/aromatic N) is 6. The molecule has 6 nitrogen and oxygen atoms in total. The molecule has 3 rings (SSSR count). The summed E-state index contributed by atoms with van der Waals surface area (Å²) < 4.78 is 96.3. The number of halogens is 1. The zero-order valence-electron chi connectivity index (χ0n) is 21.3. The van der Waals surface area contributed by atoms with E-state index in [9.17, 15) is 0 Å². The highest BCUT2D eigenvalue weighted by atomic mass is 35.5. The molecule has 2 aromatic heterocycles. The smallest absolute Gasteiger partial charge is 0.224 e. The van der Waals surface area contributed by atoms with Gasteiger partial charge in [0, 0.05) is 21.1 Å². The fourth-order valence-corrected chi connectivity index (χ4v) is 2.04. The SMILES string of the molecule is [2H]C([2H])([2H])C([2H])([2H])[C@@H]1c2nncn2-c2cnc(Cl)nc2N1C([2H])(C([2H])([2H])[2H])C([2H])([2H])[2H]. The van der Waals surface area contributed by atoms with Crippen LogP contribution in [0.25, 0.3) is 5.69 Å². The van der Waals surface area contributed by atoms with E-state index in [1.165, 1.54) is 0 Å². The van der Waals surface area contributed by atoms with Crippen molar-refractivity contribution in [1.29, 1.82) is 0 Å². The van der Waals surface area contributed by atoms with Gasteiger partial charge in [0.2, 0.25) is 5.28 Å². The van der Waals surface area contributed by atoms with Gasteiger partial charge in [-0.15, -0.1) is 10.2 Å². The van der Waals surface area contributed by atoms with Gasteiger partial charge in [0.15, 0.2) is 11.6 Å². The highest BCUT2D eigenvalue weighted by Crippen LogP contribution is 2.39. The summed E-state index contributed by atoms with van der Waals surface area (Å²) in [5.41, 5.74) is -0.105. The van der Waals surface area contributed by atoms with Crippen LogP contribution in [-0.4, -0.2) is 30.8 Å². The fourth-order valence-electron chi connectivity index (χ4n) is 1.91. The Morgan fingerprint density at radius 1 is 1.63 bits per heavy atom. The molecule has 0 radical (unpaired) electrons. The van der Waals surface area contributed by atoms with E-state index in [1.807, 2.05) is 0 Å². The Bertz CT molecular complexity index is 981. The van der Waals surface area contributed by atoms with E-state index in [1.54, 1.807) is 0 Å². The van der Waals surface area contributed by atoms with Crippen molar-refractivity contribution in [2.45, 2.75) is 39.0 Å².